The monoisotopic (exact) mass is 423 g/mol. The molecule has 7 nitrogen and oxygen atoms in total. The van der Waals surface area contributed by atoms with Gasteiger partial charge in [-0.25, -0.2) is 13.4 Å². The molecule has 1 saturated carbocycles. The van der Waals surface area contributed by atoms with Crippen molar-refractivity contribution in [1.82, 2.24) is 14.6 Å². The quantitative estimate of drug-likeness (QED) is 0.731. The van der Waals surface area contributed by atoms with Crippen LogP contribution >= 0.6 is 0 Å². The van der Waals surface area contributed by atoms with Crippen LogP contribution in [-0.4, -0.2) is 54.0 Å². The number of carbonyl (C=O) groups excluding carboxylic acids is 1. The summed E-state index contributed by atoms with van der Waals surface area (Å²) < 4.78 is 26.9. The van der Waals surface area contributed by atoms with Crippen LogP contribution in [0.4, 0.5) is 0 Å². The summed E-state index contributed by atoms with van der Waals surface area (Å²) in [5, 5.41) is 13.6. The van der Waals surface area contributed by atoms with Gasteiger partial charge in [-0.3, -0.25) is 4.79 Å². The van der Waals surface area contributed by atoms with Crippen LogP contribution in [0.1, 0.15) is 58.3 Å². The van der Waals surface area contributed by atoms with Crippen LogP contribution in [0.5, 0.6) is 0 Å². The van der Waals surface area contributed by atoms with Gasteiger partial charge in [0.1, 0.15) is 0 Å². The highest BCUT2D eigenvalue weighted by Gasteiger charge is 2.34. The van der Waals surface area contributed by atoms with Crippen molar-refractivity contribution in [1.29, 1.82) is 0 Å². The lowest BCUT2D eigenvalue weighted by molar-refractivity contribution is -0.126. The molecule has 2 heterocycles. The molecule has 1 aromatic heterocycles. The minimum absolute atomic E-state index is 0.0178. The third-order valence-corrected chi connectivity index (χ3v) is 7.99. The Morgan fingerprint density at radius 1 is 1.24 bits per heavy atom. The molecule has 1 aromatic rings. The average Bonchev–Trinajstić information content (AvgIpc) is 2.91. The first-order valence-electron chi connectivity index (χ1n) is 10.8. The summed E-state index contributed by atoms with van der Waals surface area (Å²) in [6, 6.07) is 4.32. The fourth-order valence-electron chi connectivity index (χ4n) is 4.48. The lowest BCUT2D eigenvalue weighted by Crippen LogP contribution is -2.48. The van der Waals surface area contributed by atoms with Gasteiger partial charge in [0.2, 0.25) is 5.91 Å². The van der Waals surface area contributed by atoms with E-state index in [1.807, 2.05) is 6.92 Å². The van der Waals surface area contributed by atoms with E-state index in [1.54, 1.807) is 12.1 Å². The first-order chi connectivity index (χ1) is 13.9. The van der Waals surface area contributed by atoms with E-state index in [4.69, 9.17) is 0 Å². The maximum atomic E-state index is 12.8. The van der Waals surface area contributed by atoms with Crippen molar-refractivity contribution in [3.63, 3.8) is 0 Å². The molecular formula is C21H33N3O4S. The molecule has 162 valence electrons. The molecular weight excluding hydrogens is 390 g/mol. The number of nitrogens with zero attached hydrogens (tertiary/aromatic N) is 2. The highest BCUT2D eigenvalue weighted by Crippen LogP contribution is 2.29. The second kappa shape index (κ2) is 10.00. The fourth-order valence-corrected chi connectivity index (χ4v) is 5.91. The fraction of sp³-hybridized carbons (Fsp3) is 0.714. The molecule has 1 saturated heterocycles. The minimum Gasteiger partial charge on any atom is -0.390 e. The molecule has 2 fully saturated rings. The van der Waals surface area contributed by atoms with Crippen LogP contribution in [0.15, 0.2) is 29.4 Å². The molecule has 3 rings (SSSR count). The lowest BCUT2D eigenvalue weighted by Gasteiger charge is -2.27. The summed E-state index contributed by atoms with van der Waals surface area (Å²) in [5.74, 6) is 0.477. The minimum atomic E-state index is -3.76. The summed E-state index contributed by atoms with van der Waals surface area (Å²) >= 11 is 0. The molecule has 2 unspecified atom stereocenters. The highest BCUT2D eigenvalue weighted by atomic mass is 32.2. The smallest absolute Gasteiger partial charge is 0.260 e. The van der Waals surface area contributed by atoms with Crippen LogP contribution in [0.2, 0.25) is 0 Å². The normalized spacial score (nSPS) is 25.9. The number of rotatable bonds is 6. The number of nitrogens with one attached hydrogen (secondary N) is 1. The van der Waals surface area contributed by atoms with Crippen molar-refractivity contribution in [3.8, 4) is 0 Å². The number of hydrogen-bond acceptors (Lipinski definition) is 5. The molecule has 0 radical (unpaired) electrons. The largest absolute Gasteiger partial charge is 0.390 e. The van der Waals surface area contributed by atoms with Gasteiger partial charge in [-0.1, -0.05) is 45.1 Å². The van der Waals surface area contributed by atoms with Gasteiger partial charge in [0.25, 0.3) is 10.0 Å². The van der Waals surface area contributed by atoms with Gasteiger partial charge in [-0.2, -0.15) is 4.31 Å². The number of pyridine rings is 1. The second-order valence-corrected chi connectivity index (χ2v) is 10.4. The molecule has 3 atom stereocenters. The van der Waals surface area contributed by atoms with E-state index < -0.39 is 22.2 Å². The Kier molecular flexibility index (Phi) is 7.65. The molecule has 29 heavy (non-hydrogen) atoms. The van der Waals surface area contributed by atoms with E-state index in [-0.39, 0.29) is 23.4 Å². The average molecular weight is 424 g/mol. The van der Waals surface area contributed by atoms with Crippen molar-refractivity contribution in [2.75, 3.05) is 13.1 Å². The van der Waals surface area contributed by atoms with E-state index in [2.05, 4.69) is 10.3 Å². The molecule has 0 aromatic carbocycles. The standard InChI is InChI=1S/C21H33N3O4S/c1-16(14-17-8-3-2-4-9-17)21(26)23-18-10-7-13-24(15-19(18)25)29(27,28)20-11-5-6-12-22-20/h5-6,11-12,16-19,25H,2-4,7-10,13-15H2,1H3,(H,23,26)/t16-,18?,19?/m0/s1. The van der Waals surface area contributed by atoms with Crippen LogP contribution in [-0.2, 0) is 14.8 Å². The SMILES string of the molecule is C[C@@H](CC1CCCCC1)C(=O)NC1CCCN(S(=O)(=O)c2ccccn2)CC1O. The van der Waals surface area contributed by atoms with Crippen molar-refractivity contribution in [3.05, 3.63) is 24.4 Å². The van der Waals surface area contributed by atoms with Gasteiger partial charge in [-0.05, 0) is 37.3 Å². The number of carbonyl (C=O) groups is 1. The third kappa shape index (κ3) is 5.77. The molecule has 8 heteroatoms. The van der Waals surface area contributed by atoms with Gasteiger partial charge >= 0.3 is 0 Å². The summed E-state index contributed by atoms with van der Waals surface area (Å²) in [5.41, 5.74) is 0. The van der Waals surface area contributed by atoms with Crippen molar-refractivity contribution in [2.45, 2.75) is 75.5 Å². The first kappa shape index (κ1) is 22.2. The van der Waals surface area contributed by atoms with E-state index in [1.165, 1.54) is 48.7 Å². The van der Waals surface area contributed by atoms with Crippen molar-refractivity contribution >= 4 is 15.9 Å². The number of sulfonamides is 1. The predicted octanol–water partition coefficient (Wildman–Crippen LogP) is 2.32. The van der Waals surface area contributed by atoms with E-state index in [0.717, 1.165) is 6.42 Å². The van der Waals surface area contributed by atoms with Gasteiger partial charge < -0.3 is 10.4 Å². The molecule has 2 aliphatic rings. The highest BCUT2D eigenvalue weighted by molar-refractivity contribution is 7.89. The summed E-state index contributed by atoms with van der Waals surface area (Å²) in [7, 11) is -3.76. The van der Waals surface area contributed by atoms with Crippen molar-refractivity contribution < 1.29 is 18.3 Å². The zero-order valence-corrected chi connectivity index (χ0v) is 18.0. The maximum absolute atomic E-state index is 12.8. The van der Waals surface area contributed by atoms with Crippen LogP contribution in [0, 0.1) is 11.8 Å². The zero-order valence-electron chi connectivity index (χ0n) is 17.2. The molecule has 1 aliphatic carbocycles. The predicted molar refractivity (Wildman–Crippen MR) is 111 cm³/mol. The Hall–Kier alpha value is -1.51. The summed E-state index contributed by atoms with van der Waals surface area (Å²) in [6.45, 7) is 2.21. The van der Waals surface area contributed by atoms with Crippen LogP contribution in [0.25, 0.3) is 0 Å². The topological polar surface area (TPSA) is 99.6 Å². The first-order valence-corrected chi connectivity index (χ1v) is 12.2. The van der Waals surface area contributed by atoms with Crippen LogP contribution in [0.3, 0.4) is 0 Å². The van der Waals surface area contributed by atoms with Crippen molar-refractivity contribution in [2.24, 2.45) is 11.8 Å². The van der Waals surface area contributed by atoms with Gasteiger partial charge in [0, 0.05) is 25.2 Å². The Balaban J connectivity index is 1.57. The third-order valence-electron chi connectivity index (χ3n) is 6.21. The molecule has 0 bridgehead atoms. The maximum Gasteiger partial charge on any atom is 0.260 e. The number of β-amino-alcohol motifs (C(OH)–C–C–N with tert-alkyl or cyclic N) is 1. The van der Waals surface area contributed by atoms with E-state index >= 15 is 0 Å². The van der Waals surface area contributed by atoms with E-state index in [9.17, 15) is 18.3 Å². The Bertz CT molecular complexity index is 765. The molecule has 1 aliphatic heterocycles. The van der Waals surface area contributed by atoms with Gasteiger partial charge in [0.05, 0.1) is 12.1 Å². The summed E-state index contributed by atoms with van der Waals surface area (Å²) in [4.78, 5) is 16.6. The lowest BCUT2D eigenvalue weighted by atomic mass is 9.83. The Morgan fingerprint density at radius 3 is 2.69 bits per heavy atom. The number of aliphatic hydroxyl groups is 1. The second-order valence-electron chi connectivity index (χ2n) is 8.50. The number of aromatic nitrogens is 1. The van der Waals surface area contributed by atoms with Gasteiger partial charge in [-0.15, -0.1) is 0 Å². The van der Waals surface area contributed by atoms with E-state index in [0.29, 0.717) is 25.3 Å². The number of aliphatic hydroxyl groups excluding tert-OH is 1. The zero-order chi connectivity index (χ0) is 20.9. The van der Waals surface area contributed by atoms with Crippen LogP contribution < -0.4 is 5.32 Å². The number of amides is 1. The molecule has 0 spiro atoms. The number of hydrogen-bond donors (Lipinski definition) is 2. The van der Waals surface area contributed by atoms with Gasteiger partial charge in [0.15, 0.2) is 5.03 Å². The molecule has 2 N–H and O–H groups in total. The Labute approximate surface area is 174 Å². The Morgan fingerprint density at radius 2 is 2.00 bits per heavy atom. The summed E-state index contributed by atoms with van der Waals surface area (Å²) in [6.07, 6.45) is 8.70. The molecule has 1 amide bonds.